The molecule has 0 spiro atoms. The summed E-state index contributed by atoms with van der Waals surface area (Å²) in [5, 5.41) is 15.4. The first-order valence-electron chi connectivity index (χ1n) is 6.58. The number of aliphatic carboxylic acids is 1. The minimum Gasteiger partial charge on any atom is -0.481 e. The number of fused-ring (bicyclic) bond motifs is 1. The summed E-state index contributed by atoms with van der Waals surface area (Å²) >= 11 is 1.68. The number of carboxylic acid groups (broad SMARTS) is 1. The number of anilines is 1. The summed E-state index contributed by atoms with van der Waals surface area (Å²) in [6, 6.07) is 11.6. The Morgan fingerprint density at radius 1 is 1.19 bits per heavy atom. The van der Waals surface area contributed by atoms with E-state index >= 15 is 0 Å². The van der Waals surface area contributed by atoms with Gasteiger partial charge in [0.25, 0.3) is 0 Å². The van der Waals surface area contributed by atoms with Crippen molar-refractivity contribution in [2.24, 2.45) is 0 Å². The number of rotatable bonds is 5. The maximum atomic E-state index is 10.9. The molecule has 0 fully saturated rings. The zero-order chi connectivity index (χ0) is 14.7. The van der Waals surface area contributed by atoms with Crippen molar-refractivity contribution in [2.75, 3.05) is 5.32 Å². The second-order valence-electron chi connectivity index (χ2n) is 4.68. The molecular formula is C16H14N2O2S. The van der Waals surface area contributed by atoms with Gasteiger partial charge in [-0.15, -0.1) is 11.3 Å². The van der Waals surface area contributed by atoms with Crippen LogP contribution >= 0.6 is 11.3 Å². The van der Waals surface area contributed by atoms with E-state index in [0.29, 0.717) is 6.54 Å². The van der Waals surface area contributed by atoms with Crippen LogP contribution in [-0.2, 0) is 17.8 Å². The predicted molar refractivity (Wildman–Crippen MR) is 84.7 cm³/mol. The van der Waals surface area contributed by atoms with Gasteiger partial charge >= 0.3 is 5.97 Å². The SMILES string of the molecule is O=C(O)Cc1ccccc1CNc1nccc2sccc12. The summed E-state index contributed by atoms with van der Waals surface area (Å²) in [5.74, 6) is 0.0133. The van der Waals surface area contributed by atoms with E-state index in [1.54, 1.807) is 17.5 Å². The number of carboxylic acids is 1. The molecule has 0 unspecified atom stereocenters. The van der Waals surface area contributed by atoms with Crippen LogP contribution in [0.25, 0.3) is 10.1 Å². The van der Waals surface area contributed by atoms with Crippen molar-refractivity contribution < 1.29 is 9.90 Å². The average molecular weight is 298 g/mol. The van der Waals surface area contributed by atoms with Gasteiger partial charge in [0.1, 0.15) is 5.82 Å². The van der Waals surface area contributed by atoms with Gasteiger partial charge < -0.3 is 10.4 Å². The smallest absolute Gasteiger partial charge is 0.307 e. The largest absolute Gasteiger partial charge is 0.481 e. The van der Waals surface area contributed by atoms with Gasteiger partial charge in [0, 0.05) is 22.8 Å². The van der Waals surface area contributed by atoms with Gasteiger partial charge in [-0.2, -0.15) is 0 Å². The number of nitrogens with one attached hydrogen (secondary N) is 1. The van der Waals surface area contributed by atoms with E-state index in [1.165, 1.54) is 4.70 Å². The highest BCUT2D eigenvalue weighted by atomic mass is 32.1. The fraction of sp³-hybridized carbons (Fsp3) is 0.125. The molecule has 0 atom stereocenters. The molecule has 0 aliphatic rings. The molecule has 0 saturated carbocycles. The van der Waals surface area contributed by atoms with Crippen LogP contribution in [0.5, 0.6) is 0 Å². The highest BCUT2D eigenvalue weighted by Crippen LogP contribution is 2.26. The molecule has 2 heterocycles. The molecule has 3 aromatic rings. The number of aromatic nitrogens is 1. The number of pyridine rings is 1. The lowest BCUT2D eigenvalue weighted by Crippen LogP contribution is -2.07. The van der Waals surface area contributed by atoms with E-state index in [4.69, 9.17) is 5.11 Å². The first-order valence-corrected chi connectivity index (χ1v) is 7.46. The van der Waals surface area contributed by atoms with Crippen molar-refractivity contribution in [3.05, 3.63) is 59.1 Å². The molecule has 0 bridgehead atoms. The Morgan fingerprint density at radius 2 is 2.00 bits per heavy atom. The standard InChI is InChI=1S/C16H14N2O2S/c19-15(20)9-11-3-1-2-4-12(11)10-18-16-13-6-8-21-14(13)5-7-17-16/h1-8H,9-10H2,(H,17,18)(H,19,20). The molecule has 1 aromatic carbocycles. The summed E-state index contributed by atoms with van der Waals surface area (Å²) in [6.07, 6.45) is 1.82. The third-order valence-electron chi connectivity index (χ3n) is 3.29. The highest BCUT2D eigenvalue weighted by Gasteiger charge is 2.08. The predicted octanol–water partition coefficient (Wildman–Crippen LogP) is 3.54. The molecule has 21 heavy (non-hydrogen) atoms. The van der Waals surface area contributed by atoms with E-state index in [2.05, 4.69) is 10.3 Å². The van der Waals surface area contributed by atoms with Crippen LogP contribution in [0.15, 0.2) is 48.0 Å². The zero-order valence-electron chi connectivity index (χ0n) is 11.2. The number of hydrogen-bond acceptors (Lipinski definition) is 4. The lowest BCUT2D eigenvalue weighted by Gasteiger charge is -2.10. The Hall–Kier alpha value is -2.40. The first-order chi connectivity index (χ1) is 10.2. The van der Waals surface area contributed by atoms with E-state index < -0.39 is 5.97 Å². The Bertz CT molecular complexity index is 783. The Morgan fingerprint density at radius 3 is 2.81 bits per heavy atom. The van der Waals surface area contributed by atoms with Crippen LogP contribution in [0.3, 0.4) is 0 Å². The molecule has 0 amide bonds. The van der Waals surface area contributed by atoms with Crippen molar-refractivity contribution >= 4 is 33.2 Å². The quantitative estimate of drug-likeness (QED) is 0.756. The molecule has 106 valence electrons. The van der Waals surface area contributed by atoms with Gasteiger partial charge in [-0.25, -0.2) is 4.98 Å². The second-order valence-corrected chi connectivity index (χ2v) is 5.63. The third-order valence-corrected chi connectivity index (χ3v) is 4.17. The summed E-state index contributed by atoms with van der Waals surface area (Å²) in [7, 11) is 0. The molecule has 2 N–H and O–H groups in total. The topological polar surface area (TPSA) is 62.2 Å². The van der Waals surface area contributed by atoms with Gasteiger partial charge in [0.05, 0.1) is 6.42 Å². The number of carbonyl (C=O) groups is 1. The lowest BCUT2D eigenvalue weighted by molar-refractivity contribution is -0.136. The summed E-state index contributed by atoms with van der Waals surface area (Å²) < 4.78 is 1.19. The van der Waals surface area contributed by atoms with Crippen LogP contribution in [-0.4, -0.2) is 16.1 Å². The van der Waals surface area contributed by atoms with Crippen molar-refractivity contribution in [3.63, 3.8) is 0 Å². The van der Waals surface area contributed by atoms with Crippen LogP contribution in [0, 0.1) is 0 Å². The molecule has 0 aliphatic heterocycles. The monoisotopic (exact) mass is 298 g/mol. The Labute approximate surface area is 126 Å². The number of hydrogen-bond donors (Lipinski definition) is 2. The van der Waals surface area contributed by atoms with E-state index in [0.717, 1.165) is 22.3 Å². The van der Waals surface area contributed by atoms with Gasteiger partial charge in [0.2, 0.25) is 0 Å². The van der Waals surface area contributed by atoms with E-state index in [-0.39, 0.29) is 6.42 Å². The molecule has 0 saturated heterocycles. The van der Waals surface area contributed by atoms with Crippen LogP contribution in [0.2, 0.25) is 0 Å². The fourth-order valence-corrected chi connectivity index (χ4v) is 3.06. The maximum absolute atomic E-state index is 10.9. The zero-order valence-corrected chi connectivity index (χ0v) is 12.1. The maximum Gasteiger partial charge on any atom is 0.307 e. The lowest BCUT2D eigenvalue weighted by atomic mass is 10.0. The first kappa shape index (κ1) is 13.6. The van der Waals surface area contributed by atoms with E-state index in [9.17, 15) is 4.79 Å². The van der Waals surface area contributed by atoms with Gasteiger partial charge in [-0.05, 0) is 28.6 Å². The molecule has 2 aromatic heterocycles. The van der Waals surface area contributed by atoms with Crippen molar-refractivity contribution in [1.82, 2.24) is 4.98 Å². The van der Waals surface area contributed by atoms with Crippen molar-refractivity contribution in [3.8, 4) is 0 Å². The molecule has 4 nitrogen and oxygen atoms in total. The van der Waals surface area contributed by atoms with Gasteiger partial charge in [-0.3, -0.25) is 4.79 Å². The summed E-state index contributed by atoms with van der Waals surface area (Å²) in [5.41, 5.74) is 1.81. The summed E-state index contributed by atoms with van der Waals surface area (Å²) in [6.45, 7) is 0.561. The minimum atomic E-state index is -0.819. The molecule has 0 radical (unpaired) electrons. The summed E-state index contributed by atoms with van der Waals surface area (Å²) in [4.78, 5) is 15.3. The molecule has 5 heteroatoms. The Kier molecular flexibility index (Phi) is 3.83. The fourth-order valence-electron chi connectivity index (χ4n) is 2.28. The highest BCUT2D eigenvalue weighted by molar-refractivity contribution is 7.17. The number of thiophene rings is 1. The average Bonchev–Trinajstić information content (AvgIpc) is 2.95. The normalized spacial score (nSPS) is 10.7. The second kappa shape index (κ2) is 5.93. The van der Waals surface area contributed by atoms with Gasteiger partial charge in [-0.1, -0.05) is 24.3 Å². The van der Waals surface area contributed by atoms with Crippen LogP contribution in [0.1, 0.15) is 11.1 Å². The Balaban J connectivity index is 1.82. The van der Waals surface area contributed by atoms with Crippen LogP contribution in [0.4, 0.5) is 5.82 Å². The van der Waals surface area contributed by atoms with Crippen molar-refractivity contribution in [2.45, 2.75) is 13.0 Å². The molecule has 3 rings (SSSR count). The number of nitrogens with zero attached hydrogens (tertiary/aromatic N) is 1. The van der Waals surface area contributed by atoms with Gasteiger partial charge in [0.15, 0.2) is 0 Å². The molecule has 0 aliphatic carbocycles. The third kappa shape index (κ3) is 3.03. The molecular weight excluding hydrogens is 284 g/mol. The van der Waals surface area contributed by atoms with E-state index in [1.807, 2.05) is 41.8 Å². The van der Waals surface area contributed by atoms with Crippen LogP contribution < -0.4 is 5.32 Å². The minimum absolute atomic E-state index is 0.0356. The van der Waals surface area contributed by atoms with Crippen molar-refractivity contribution in [1.29, 1.82) is 0 Å². The number of benzene rings is 1.